The average molecular weight is 472 g/mol. The first-order valence-corrected chi connectivity index (χ1v) is 9.78. The fraction of sp³-hybridized carbons (Fsp3) is 0.500. The van der Waals surface area contributed by atoms with E-state index >= 15 is 0 Å². The van der Waals surface area contributed by atoms with Crippen LogP contribution in [0.4, 0.5) is 0 Å². The molecule has 132 valence electrons. The Balaban J connectivity index is 0.00000484. The van der Waals surface area contributed by atoms with Crippen LogP contribution in [-0.4, -0.2) is 52.6 Å². The van der Waals surface area contributed by atoms with Crippen LogP contribution in [0.3, 0.4) is 0 Å². The van der Waals surface area contributed by atoms with Gasteiger partial charge in [-0.25, -0.2) is 13.1 Å². The van der Waals surface area contributed by atoms with Crippen LogP contribution in [0.15, 0.2) is 40.2 Å². The predicted octanol–water partition coefficient (Wildman–Crippen LogP) is 1.50. The SMILES string of the molecule is CN=C(NCCNS(C)(=O)=O)NCC(C)Sc1ccccc1.I. The number of sulfonamides is 1. The third-order valence-electron chi connectivity index (χ3n) is 2.64. The molecule has 0 aliphatic rings. The number of hydrogen-bond donors (Lipinski definition) is 3. The fourth-order valence-corrected chi connectivity index (χ4v) is 3.07. The van der Waals surface area contributed by atoms with Crippen LogP contribution >= 0.6 is 35.7 Å². The lowest BCUT2D eigenvalue weighted by Crippen LogP contribution is -2.43. The molecule has 1 unspecified atom stereocenters. The Kier molecular flexibility index (Phi) is 11.7. The molecular formula is C14H25IN4O2S2. The summed E-state index contributed by atoms with van der Waals surface area (Å²) >= 11 is 1.79. The van der Waals surface area contributed by atoms with E-state index in [-0.39, 0.29) is 24.0 Å². The van der Waals surface area contributed by atoms with Gasteiger partial charge < -0.3 is 10.6 Å². The monoisotopic (exact) mass is 472 g/mol. The van der Waals surface area contributed by atoms with E-state index in [0.717, 1.165) is 12.8 Å². The van der Waals surface area contributed by atoms with Crippen molar-refractivity contribution in [1.82, 2.24) is 15.4 Å². The van der Waals surface area contributed by atoms with Crippen LogP contribution in [0.1, 0.15) is 6.92 Å². The van der Waals surface area contributed by atoms with Crippen molar-refractivity contribution in [3.63, 3.8) is 0 Å². The Hall–Kier alpha value is -0.520. The second-order valence-corrected chi connectivity index (χ2v) is 8.13. The lowest BCUT2D eigenvalue weighted by molar-refractivity contribution is 0.586. The standard InChI is InChI=1S/C14H24N4O2S2.HI/c1-12(21-13-7-5-4-6-8-13)11-17-14(15-2)16-9-10-18-22(3,19)20;/h4-8,12,18H,9-11H2,1-3H3,(H2,15,16,17);1H. The topological polar surface area (TPSA) is 82.6 Å². The molecule has 1 atom stereocenters. The van der Waals surface area contributed by atoms with Crippen molar-refractivity contribution >= 4 is 51.7 Å². The zero-order chi connectivity index (χ0) is 16.4. The van der Waals surface area contributed by atoms with Crippen LogP contribution in [0.25, 0.3) is 0 Å². The highest BCUT2D eigenvalue weighted by Crippen LogP contribution is 2.21. The number of hydrogen-bond acceptors (Lipinski definition) is 4. The summed E-state index contributed by atoms with van der Waals surface area (Å²) in [6.07, 6.45) is 1.14. The number of nitrogens with one attached hydrogen (secondary N) is 3. The number of guanidine groups is 1. The maximum absolute atomic E-state index is 10.9. The average Bonchev–Trinajstić information content (AvgIpc) is 2.46. The smallest absolute Gasteiger partial charge is 0.208 e. The van der Waals surface area contributed by atoms with Crippen LogP contribution in [0, 0.1) is 0 Å². The molecule has 0 saturated carbocycles. The molecule has 6 nitrogen and oxygen atoms in total. The van der Waals surface area contributed by atoms with Gasteiger partial charge in [-0.1, -0.05) is 25.1 Å². The second kappa shape index (κ2) is 11.9. The molecule has 0 saturated heterocycles. The molecule has 0 heterocycles. The third-order valence-corrected chi connectivity index (χ3v) is 4.48. The summed E-state index contributed by atoms with van der Waals surface area (Å²) in [7, 11) is -1.45. The van der Waals surface area contributed by atoms with Gasteiger partial charge in [0.05, 0.1) is 6.26 Å². The minimum atomic E-state index is -3.14. The van der Waals surface area contributed by atoms with E-state index in [1.165, 1.54) is 4.90 Å². The van der Waals surface area contributed by atoms with Crippen molar-refractivity contribution < 1.29 is 8.42 Å². The first-order valence-electron chi connectivity index (χ1n) is 7.01. The van der Waals surface area contributed by atoms with Gasteiger partial charge in [0.25, 0.3) is 0 Å². The first kappa shape index (κ1) is 22.5. The van der Waals surface area contributed by atoms with E-state index in [2.05, 4.69) is 39.4 Å². The van der Waals surface area contributed by atoms with Crippen LogP contribution < -0.4 is 15.4 Å². The summed E-state index contributed by atoms with van der Waals surface area (Å²) in [5.74, 6) is 0.663. The molecule has 0 aliphatic heterocycles. The first-order chi connectivity index (χ1) is 10.4. The molecule has 1 aromatic rings. The van der Waals surface area contributed by atoms with E-state index in [9.17, 15) is 8.42 Å². The Morgan fingerprint density at radius 1 is 1.22 bits per heavy atom. The number of rotatable bonds is 8. The molecule has 1 aromatic carbocycles. The Bertz CT molecular complexity index is 567. The van der Waals surface area contributed by atoms with Crippen LogP contribution in [0.5, 0.6) is 0 Å². The molecule has 0 amide bonds. The van der Waals surface area contributed by atoms with Crippen molar-refractivity contribution in [3.8, 4) is 0 Å². The zero-order valence-corrected chi connectivity index (χ0v) is 17.5. The van der Waals surface area contributed by atoms with Gasteiger partial charge in [0.15, 0.2) is 5.96 Å². The van der Waals surface area contributed by atoms with Gasteiger partial charge in [0, 0.05) is 36.8 Å². The van der Waals surface area contributed by atoms with E-state index in [1.807, 2.05) is 18.2 Å². The number of nitrogens with zero attached hydrogens (tertiary/aromatic N) is 1. The highest BCUT2D eigenvalue weighted by atomic mass is 127. The summed E-state index contributed by atoms with van der Waals surface area (Å²) in [5.41, 5.74) is 0. The van der Waals surface area contributed by atoms with Gasteiger partial charge in [-0.2, -0.15) is 0 Å². The van der Waals surface area contributed by atoms with Crippen LogP contribution in [0.2, 0.25) is 0 Å². The molecule has 0 aliphatic carbocycles. The highest BCUT2D eigenvalue weighted by Gasteiger charge is 2.06. The van der Waals surface area contributed by atoms with E-state index in [0.29, 0.717) is 24.3 Å². The van der Waals surface area contributed by atoms with Gasteiger partial charge in [-0.15, -0.1) is 35.7 Å². The molecular weight excluding hydrogens is 447 g/mol. The molecule has 9 heteroatoms. The van der Waals surface area contributed by atoms with E-state index in [4.69, 9.17) is 0 Å². The van der Waals surface area contributed by atoms with Crippen molar-refractivity contribution in [3.05, 3.63) is 30.3 Å². The fourth-order valence-electron chi connectivity index (χ4n) is 1.65. The van der Waals surface area contributed by atoms with Crippen molar-refractivity contribution in [2.75, 3.05) is 32.9 Å². The van der Waals surface area contributed by atoms with E-state index in [1.54, 1.807) is 18.8 Å². The maximum Gasteiger partial charge on any atom is 0.208 e. The number of thioether (sulfide) groups is 1. The Morgan fingerprint density at radius 3 is 2.43 bits per heavy atom. The van der Waals surface area contributed by atoms with Crippen molar-refractivity contribution in [2.45, 2.75) is 17.1 Å². The minimum absolute atomic E-state index is 0. The maximum atomic E-state index is 10.9. The molecule has 0 bridgehead atoms. The summed E-state index contributed by atoms with van der Waals surface area (Å²) < 4.78 is 24.3. The molecule has 0 aromatic heterocycles. The Labute approximate surface area is 160 Å². The molecule has 0 fully saturated rings. The van der Waals surface area contributed by atoms with Gasteiger partial charge in [0.2, 0.25) is 10.0 Å². The van der Waals surface area contributed by atoms with Crippen molar-refractivity contribution in [1.29, 1.82) is 0 Å². The Morgan fingerprint density at radius 2 is 1.87 bits per heavy atom. The summed E-state index contributed by atoms with van der Waals surface area (Å²) in [6.45, 7) is 3.71. The van der Waals surface area contributed by atoms with Gasteiger partial charge >= 0.3 is 0 Å². The molecule has 1 rings (SSSR count). The van der Waals surface area contributed by atoms with E-state index < -0.39 is 10.0 Å². The summed E-state index contributed by atoms with van der Waals surface area (Å²) in [4.78, 5) is 5.34. The normalized spacial score (nSPS) is 13.1. The van der Waals surface area contributed by atoms with Crippen molar-refractivity contribution in [2.24, 2.45) is 4.99 Å². The third kappa shape index (κ3) is 11.6. The largest absolute Gasteiger partial charge is 0.355 e. The highest BCUT2D eigenvalue weighted by molar-refractivity contribution is 14.0. The number of halogens is 1. The number of benzene rings is 1. The molecule has 0 spiro atoms. The molecule has 0 radical (unpaired) electrons. The van der Waals surface area contributed by atoms with Gasteiger partial charge in [-0.3, -0.25) is 4.99 Å². The summed E-state index contributed by atoms with van der Waals surface area (Å²) in [5, 5.41) is 6.68. The number of aliphatic imine (C=N–C) groups is 1. The zero-order valence-electron chi connectivity index (χ0n) is 13.6. The molecule has 3 N–H and O–H groups in total. The second-order valence-electron chi connectivity index (χ2n) is 4.79. The van der Waals surface area contributed by atoms with Gasteiger partial charge in [-0.05, 0) is 12.1 Å². The lowest BCUT2D eigenvalue weighted by Gasteiger charge is -2.16. The summed E-state index contributed by atoms with van der Waals surface area (Å²) in [6, 6.07) is 10.2. The predicted molar refractivity (Wildman–Crippen MR) is 109 cm³/mol. The molecule has 23 heavy (non-hydrogen) atoms. The quantitative estimate of drug-likeness (QED) is 0.176. The van der Waals surface area contributed by atoms with Gasteiger partial charge in [0.1, 0.15) is 0 Å². The van der Waals surface area contributed by atoms with Crippen LogP contribution in [-0.2, 0) is 10.0 Å². The minimum Gasteiger partial charge on any atom is -0.355 e. The lowest BCUT2D eigenvalue weighted by atomic mass is 10.4.